The number of ketones is 1. The maximum atomic E-state index is 13.0. The highest BCUT2D eigenvalue weighted by Crippen LogP contribution is 2.43. The van der Waals surface area contributed by atoms with E-state index in [9.17, 15) is 4.79 Å². The van der Waals surface area contributed by atoms with Crippen molar-refractivity contribution in [2.24, 2.45) is 5.41 Å². The molecule has 0 spiro atoms. The van der Waals surface area contributed by atoms with Gasteiger partial charge in [-0.05, 0) is 43.2 Å². The molecule has 0 radical (unpaired) electrons. The molecule has 1 nitrogen and oxygen atoms in total. The molecule has 2 aliphatic carbocycles. The lowest BCUT2D eigenvalue weighted by Gasteiger charge is -2.37. The van der Waals surface area contributed by atoms with Gasteiger partial charge in [0.05, 0.1) is 0 Å². The van der Waals surface area contributed by atoms with Crippen molar-refractivity contribution in [3.8, 4) is 0 Å². The summed E-state index contributed by atoms with van der Waals surface area (Å²) in [6.07, 6.45) is 9.36. The molecule has 1 heteroatoms. The Morgan fingerprint density at radius 1 is 1.11 bits per heavy atom. The molecule has 1 unspecified atom stereocenters. The SMILES string of the molecule is CC1(C(=O)C2CCCc3ccccc32)CCCCC1. The van der Waals surface area contributed by atoms with Crippen molar-refractivity contribution < 1.29 is 4.79 Å². The topological polar surface area (TPSA) is 17.1 Å². The fourth-order valence-electron chi connectivity index (χ4n) is 4.03. The summed E-state index contributed by atoms with van der Waals surface area (Å²) in [5, 5.41) is 0. The van der Waals surface area contributed by atoms with Crippen molar-refractivity contribution in [1.29, 1.82) is 0 Å². The first-order valence-corrected chi connectivity index (χ1v) is 7.83. The Labute approximate surface area is 116 Å². The fraction of sp³-hybridized carbons (Fsp3) is 0.611. The van der Waals surface area contributed by atoms with Gasteiger partial charge >= 0.3 is 0 Å². The maximum Gasteiger partial charge on any atom is 0.146 e. The summed E-state index contributed by atoms with van der Waals surface area (Å²) in [5.41, 5.74) is 2.69. The number of carbonyl (C=O) groups excluding carboxylic acids is 1. The lowest BCUT2D eigenvalue weighted by Crippen LogP contribution is -2.35. The summed E-state index contributed by atoms with van der Waals surface area (Å²) in [4.78, 5) is 13.0. The Bertz CT molecular complexity index is 468. The van der Waals surface area contributed by atoms with Crippen molar-refractivity contribution in [2.75, 3.05) is 0 Å². The summed E-state index contributed by atoms with van der Waals surface area (Å²) in [6, 6.07) is 8.59. The van der Waals surface area contributed by atoms with Crippen LogP contribution in [-0.2, 0) is 11.2 Å². The third kappa shape index (κ3) is 2.35. The van der Waals surface area contributed by atoms with E-state index >= 15 is 0 Å². The minimum Gasteiger partial charge on any atom is -0.298 e. The standard InChI is InChI=1S/C18H24O/c1-18(12-5-2-6-13-18)17(19)16-11-7-9-14-8-3-4-10-15(14)16/h3-4,8,10,16H,2,5-7,9,11-13H2,1H3. The molecule has 1 atom stereocenters. The largest absolute Gasteiger partial charge is 0.298 e. The number of hydrogen-bond acceptors (Lipinski definition) is 1. The molecule has 102 valence electrons. The predicted octanol–water partition coefficient (Wildman–Crippen LogP) is 4.65. The highest BCUT2D eigenvalue weighted by Gasteiger charge is 2.40. The number of benzene rings is 1. The van der Waals surface area contributed by atoms with E-state index in [0.29, 0.717) is 5.78 Å². The molecule has 0 bridgehead atoms. The molecular formula is C18H24O. The second-order valence-electron chi connectivity index (χ2n) is 6.63. The highest BCUT2D eigenvalue weighted by molar-refractivity contribution is 5.91. The summed E-state index contributed by atoms with van der Waals surface area (Å²) >= 11 is 0. The molecule has 1 saturated carbocycles. The summed E-state index contributed by atoms with van der Waals surface area (Å²) in [5.74, 6) is 0.701. The zero-order valence-electron chi connectivity index (χ0n) is 12.0. The molecule has 0 amide bonds. The highest BCUT2D eigenvalue weighted by atomic mass is 16.1. The number of hydrogen-bond donors (Lipinski definition) is 0. The predicted molar refractivity (Wildman–Crippen MR) is 78.3 cm³/mol. The van der Waals surface area contributed by atoms with Crippen LogP contribution in [0.25, 0.3) is 0 Å². The van der Waals surface area contributed by atoms with Crippen LogP contribution in [0.15, 0.2) is 24.3 Å². The van der Waals surface area contributed by atoms with Crippen molar-refractivity contribution >= 4 is 5.78 Å². The molecule has 0 aromatic heterocycles. The molecular weight excluding hydrogens is 232 g/mol. The van der Waals surface area contributed by atoms with Crippen LogP contribution in [-0.4, -0.2) is 5.78 Å². The van der Waals surface area contributed by atoms with Crippen LogP contribution in [0, 0.1) is 5.41 Å². The van der Waals surface area contributed by atoms with Crippen molar-refractivity contribution in [1.82, 2.24) is 0 Å². The van der Waals surface area contributed by atoms with Crippen LogP contribution in [0.5, 0.6) is 0 Å². The number of aryl methyl sites for hydroxylation is 1. The van der Waals surface area contributed by atoms with Crippen LogP contribution in [0.2, 0.25) is 0 Å². The second kappa shape index (κ2) is 5.11. The van der Waals surface area contributed by atoms with Crippen LogP contribution in [0.4, 0.5) is 0 Å². The van der Waals surface area contributed by atoms with Gasteiger partial charge < -0.3 is 0 Å². The monoisotopic (exact) mass is 256 g/mol. The van der Waals surface area contributed by atoms with Crippen molar-refractivity contribution in [2.45, 2.75) is 64.2 Å². The van der Waals surface area contributed by atoms with Gasteiger partial charge in [-0.3, -0.25) is 4.79 Å². The fourth-order valence-corrected chi connectivity index (χ4v) is 4.03. The van der Waals surface area contributed by atoms with E-state index in [1.165, 1.54) is 36.8 Å². The minimum absolute atomic E-state index is 0.0482. The van der Waals surface area contributed by atoms with Gasteiger partial charge in [-0.15, -0.1) is 0 Å². The summed E-state index contributed by atoms with van der Waals surface area (Å²) in [7, 11) is 0. The first-order valence-electron chi connectivity index (χ1n) is 7.83. The Balaban J connectivity index is 1.88. The quantitative estimate of drug-likeness (QED) is 0.753. The number of fused-ring (bicyclic) bond motifs is 1. The van der Waals surface area contributed by atoms with E-state index in [4.69, 9.17) is 0 Å². The first kappa shape index (κ1) is 12.9. The Hall–Kier alpha value is -1.11. The molecule has 0 heterocycles. The van der Waals surface area contributed by atoms with E-state index in [-0.39, 0.29) is 11.3 Å². The van der Waals surface area contributed by atoms with Gasteiger partial charge in [-0.2, -0.15) is 0 Å². The van der Waals surface area contributed by atoms with Gasteiger partial charge in [-0.1, -0.05) is 50.5 Å². The molecule has 0 N–H and O–H groups in total. The van der Waals surface area contributed by atoms with Crippen LogP contribution in [0.1, 0.15) is 68.9 Å². The van der Waals surface area contributed by atoms with Crippen LogP contribution < -0.4 is 0 Å². The van der Waals surface area contributed by atoms with E-state index in [1.807, 2.05) is 0 Å². The average molecular weight is 256 g/mol. The van der Waals surface area contributed by atoms with E-state index in [1.54, 1.807) is 0 Å². The summed E-state index contributed by atoms with van der Waals surface area (Å²) in [6.45, 7) is 2.21. The van der Waals surface area contributed by atoms with E-state index in [0.717, 1.165) is 25.7 Å². The average Bonchev–Trinajstić information content (AvgIpc) is 2.47. The summed E-state index contributed by atoms with van der Waals surface area (Å²) < 4.78 is 0. The van der Waals surface area contributed by atoms with Gasteiger partial charge in [-0.25, -0.2) is 0 Å². The van der Waals surface area contributed by atoms with Crippen LogP contribution >= 0.6 is 0 Å². The molecule has 3 rings (SSSR count). The number of carbonyl (C=O) groups is 1. The molecule has 2 aliphatic rings. The van der Waals surface area contributed by atoms with Crippen LogP contribution in [0.3, 0.4) is 0 Å². The lowest BCUT2D eigenvalue weighted by molar-refractivity contribution is -0.131. The smallest absolute Gasteiger partial charge is 0.146 e. The number of Topliss-reactive ketones (excluding diaryl/α,β-unsaturated/α-hetero) is 1. The zero-order valence-corrected chi connectivity index (χ0v) is 12.0. The van der Waals surface area contributed by atoms with Gasteiger partial charge in [0.1, 0.15) is 5.78 Å². The molecule has 1 fully saturated rings. The third-order valence-electron chi connectivity index (χ3n) is 5.24. The van der Waals surface area contributed by atoms with E-state index < -0.39 is 0 Å². The maximum absolute atomic E-state index is 13.0. The van der Waals surface area contributed by atoms with Gasteiger partial charge in [0.25, 0.3) is 0 Å². The normalized spacial score (nSPS) is 25.6. The zero-order chi connectivity index (χ0) is 13.3. The Morgan fingerprint density at radius 3 is 2.63 bits per heavy atom. The van der Waals surface area contributed by atoms with Gasteiger partial charge in [0.2, 0.25) is 0 Å². The Morgan fingerprint density at radius 2 is 1.84 bits per heavy atom. The van der Waals surface area contributed by atoms with Crippen molar-refractivity contribution in [3.05, 3.63) is 35.4 Å². The number of rotatable bonds is 2. The molecule has 0 aliphatic heterocycles. The second-order valence-corrected chi connectivity index (χ2v) is 6.63. The van der Waals surface area contributed by atoms with Gasteiger partial charge in [0.15, 0.2) is 0 Å². The molecule has 19 heavy (non-hydrogen) atoms. The van der Waals surface area contributed by atoms with Gasteiger partial charge in [0, 0.05) is 11.3 Å². The minimum atomic E-state index is -0.0482. The van der Waals surface area contributed by atoms with E-state index in [2.05, 4.69) is 31.2 Å². The molecule has 1 aromatic carbocycles. The Kier molecular flexibility index (Phi) is 3.47. The third-order valence-corrected chi connectivity index (χ3v) is 5.24. The molecule has 0 saturated heterocycles. The molecule has 1 aromatic rings. The first-order chi connectivity index (χ1) is 9.21. The lowest BCUT2D eigenvalue weighted by atomic mass is 9.66. The van der Waals surface area contributed by atoms with Crippen molar-refractivity contribution in [3.63, 3.8) is 0 Å².